The van der Waals surface area contributed by atoms with E-state index in [0.717, 1.165) is 5.39 Å². The largest absolute Gasteiger partial charge is 0.394 e. The minimum absolute atomic E-state index is 0.175. The zero-order valence-electron chi connectivity index (χ0n) is 12.5. The Labute approximate surface area is 141 Å². The number of hydrogen-bond donors (Lipinski definition) is 3. The Kier molecular flexibility index (Phi) is 4.78. The van der Waals surface area contributed by atoms with E-state index in [-0.39, 0.29) is 5.69 Å². The number of fused-ring (bicyclic) bond motifs is 1. The van der Waals surface area contributed by atoms with Crippen LogP contribution in [0.15, 0.2) is 48.0 Å². The summed E-state index contributed by atoms with van der Waals surface area (Å²) in [5, 5.41) is 17.4. The molecule has 122 valence electrons. The van der Waals surface area contributed by atoms with Gasteiger partial charge in [0.2, 0.25) is 0 Å². The van der Waals surface area contributed by atoms with E-state index >= 15 is 0 Å². The summed E-state index contributed by atoms with van der Waals surface area (Å²) < 4.78 is 0. The summed E-state index contributed by atoms with van der Waals surface area (Å²) in [4.78, 5) is 32.6. The molecule has 0 fully saturated rings. The molecule has 8 heteroatoms. The molecular formula is C16H14N4O3S. The first kappa shape index (κ1) is 16.0. The summed E-state index contributed by atoms with van der Waals surface area (Å²) in [6.07, 6.45) is 1.55. The van der Waals surface area contributed by atoms with Gasteiger partial charge in [0.05, 0.1) is 12.1 Å². The van der Waals surface area contributed by atoms with E-state index in [1.54, 1.807) is 29.8 Å². The summed E-state index contributed by atoms with van der Waals surface area (Å²) in [5.41, 5.74) is 0.854. The molecule has 7 nitrogen and oxygen atoms in total. The van der Waals surface area contributed by atoms with Crippen molar-refractivity contribution in [3.63, 3.8) is 0 Å². The van der Waals surface area contributed by atoms with E-state index in [2.05, 4.69) is 20.6 Å². The van der Waals surface area contributed by atoms with Gasteiger partial charge < -0.3 is 15.7 Å². The van der Waals surface area contributed by atoms with Crippen molar-refractivity contribution >= 4 is 39.2 Å². The Bertz CT molecular complexity index is 867. The highest BCUT2D eigenvalue weighted by atomic mass is 32.1. The van der Waals surface area contributed by atoms with Gasteiger partial charge in [-0.15, -0.1) is 11.3 Å². The van der Waals surface area contributed by atoms with Gasteiger partial charge in [-0.3, -0.25) is 9.59 Å². The van der Waals surface area contributed by atoms with Gasteiger partial charge >= 0.3 is 0 Å². The lowest BCUT2D eigenvalue weighted by Crippen LogP contribution is -2.46. The number of aliphatic hydroxyl groups excluding tert-OH is 1. The SMILES string of the molecule is O=C(N[C@@H](CO)C(=O)Nc1nccs1)c1ccc2ccccc2n1. The van der Waals surface area contributed by atoms with E-state index in [9.17, 15) is 14.7 Å². The number of rotatable bonds is 5. The fourth-order valence-corrected chi connectivity index (χ4v) is 2.63. The van der Waals surface area contributed by atoms with Crippen LogP contribution in [-0.2, 0) is 4.79 Å². The van der Waals surface area contributed by atoms with Gasteiger partial charge in [-0.25, -0.2) is 9.97 Å². The minimum atomic E-state index is -1.09. The van der Waals surface area contributed by atoms with Crippen LogP contribution in [0.3, 0.4) is 0 Å². The predicted molar refractivity (Wildman–Crippen MR) is 90.8 cm³/mol. The number of amides is 2. The average Bonchev–Trinajstić information content (AvgIpc) is 3.11. The van der Waals surface area contributed by atoms with Crippen molar-refractivity contribution in [2.75, 3.05) is 11.9 Å². The molecule has 2 heterocycles. The molecule has 0 saturated carbocycles. The Balaban J connectivity index is 1.72. The Morgan fingerprint density at radius 3 is 2.79 bits per heavy atom. The van der Waals surface area contributed by atoms with Gasteiger partial charge in [0.25, 0.3) is 11.8 Å². The Morgan fingerprint density at radius 1 is 1.21 bits per heavy atom. The zero-order valence-corrected chi connectivity index (χ0v) is 13.3. The molecule has 2 aromatic heterocycles. The quantitative estimate of drug-likeness (QED) is 0.650. The van der Waals surface area contributed by atoms with Crippen molar-refractivity contribution in [2.45, 2.75) is 6.04 Å². The van der Waals surface area contributed by atoms with Crippen LogP contribution >= 0.6 is 11.3 Å². The fraction of sp³-hybridized carbons (Fsp3) is 0.125. The molecule has 0 saturated heterocycles. The van der Waals surface area contributed by atoms with Crippen LogP contribution in [0.2, 0.25) is 0 Å². The van der Waals surface area contributed by atoms with Crippen LogP contribution in [-0.4, -0.2) is 39.5 Å². The van der Waals surface area contributed by atoms with E-state index in [1.165, 1.54) is 11.3 Å². The van der Waals surface area contributed by atoms with Crippen LogP contribution in [0.1, 0.15) is 10.5 Å². The van der Waals surface area contributed by atoms with Gasteiger partial charge in [0.1, 0.15) is 11.7 Å². The molecular weight excluding hydrogens is 328 g/mol. The maximum absolute atomic E-state index is 12.3. The first-order chi connectivity index (χ1) is 11.7. The first-order valence-electron chi connectivity index (χ1n) is 7.15. The lowest BCUT2D eigenvalue weighted by Gasteiger charge is -2.15. The number of anilines is 1. The summed E-state index contributed by atoms with van der Waals surface area (Å²) in [7, 11) is 0. The van der Waals surface area contributed by atoms with Gasteiger partial charge in [0, 0.05) is 17.0 Å². The molecule has 0 radical (unpaired) electrons. The first-order valence-corrected chi connectivity index (χ1v) is 8.03. The predicted octanol–water partition coefficient (Wildman–Crippen LogP) is 1.42. The number of hydrogen-bond acceptors (Lipinski definition) is 6. The minimum Gasteiger partial charge on any atom is -0.394 e. The van der Waals surface area contributed by atoms with Gasteiger partial charge in [-0.2, -0.15) is 0 Å². The van der Waals surface area contributed by atoms with Crippen LogP contribution in [0.4, 0.5) is 5.13 Å². The number of carbonyl (C=O) groups excluding carboxylic acids is 2. The molecule has 24 heavy (non-hydrogen) atoms. The molecule has 0 spiro atoms. The smallest absolute Gasteiger partial charge is 0.270 e. The third-order valence-corrected chi connectivity index (χ3v) is 3.99. The molecule has 3 rings (SSSR count). The van der Waals surface area contributed by atoms with Crippen LogP contribution in [0.5, 0.6) is 0 Å². The van der Waals surface area contributed by atoms with Crippen molar-refractivity contribution in [1.29, 1.82) is 0 Å². The van der Waals surface area contributed by atoms with Crippen molar-refractivity contribution in [3.05, 3.63) is 53.7 Å². The number of aliphatic hydroxyl groups is 1. The van der Waals surface area contributed by atoms with Crippen LogP contribution < -0.4 is 10.6 Å². The second kappa shape index (κ2) is 7.16. The molecule has 1 aromatic carbocycles. The van der Waals surface area contributed by atoms with Crippen molar-refractivity contribution in [1.82, 2.24) is 15.3 Å². The molecule has 0 bridgehead atoms. The maximum Gasteiger partial charge on any atom is 0.270 e. The van der Waals surface area contributed by atoms with Crippen molar-refractivity contribution < 1.29 is 14.7 Å². The summed E-state index contributed by atoms with van der Waals surface area (Å²) in [6, 6.07) is 9.66. The molecule has 3 N–H and O–H groups in total. The lowest BCUT2D eigenvalue weighted by atomic mass is 10.2. The fourth-order valence-electron chi connectivity index (χ4n) is 2.10. The summed E-state index contributed by atoms with van der Waals surface area (Å²) in [6.45, 7) is -0.531. The summed E-state index contributed by atoms with van der Waals surface area (Å²) in [5.74, 6) is -1.07. The molecule has 0 aliphatic heterocycles. The zero-order chi connectivity index (χ0) is 16.9. The third-order valence-electron chi connectivity index (χ3n) is 3.30. The van der Waals surface area contributed by atoms with E-state index in [0.29, 0.717) is 10.6 Å². The van der Waals surface area contributed by atoms with Crippen molar-refractivity contribution in [3.8, 4) is 0 Å². The van der Waals surface area contributed by atoms with Crippen molar-refractivity contribution in [2.24, 2.45) is 0 Å². The van der Waals surface area contributed by atoms with E-state index in [1.807, 2.05) is 18.2 Å². The second-order valence-electron chi connectivity index (χ2n) is 4.92. The lowest BCUT2D eigenvalue weighted by molar-refractivity contribution is -0.118. The van der Waals surface area contributed by atoms with Gasteiger partial charge in [-0.1, -0.05) is 24.3 Å². The molecule has 1 atom stereocenters. The second-order valence-corrected chi connectivity index (χ2v) is 5.82. The molecule has 0 aliphatic rings. The van der Waals surface area contributed by atoms with Crippen LogP contribution in [0, 0.1) is 0 Å². The molecule has 0 unspecified atom stereocenters. The standard InChI is InChI=1S/C16H14N4O3S/c21-9-13(15(23)20-16-17-7-8-24-16)19-14(22)12-6-5-10-3-1-2-4-11(10)18-12/h1-8,13,21H,9H2,(H,19,22)(H,17,20,23)/t13-/m0/s1. The van der Waals surface area contributed by atoms with E-state index < -0.39 is 24.5 Å². The number of thiazole rings is 1. The van der Waals surface area contributed by atoms with Gasteiger partial charge in [0.15, 0.2) is 5.13 Å². The number of nitrogens with one attached hydrogen (secondary N) is 2. The monoisotopic (exact) mass is 342 g/mol. The van der Waals surface area contributed by atoms with E-state index in [4.69, 9.17) is 0 Å². The average molecular weight is 342 g/mol. The van der Waals surface area contributed by atoms with Crippen LogP contribution in [0.25, 0.3) is 10.9 Å². The highest BCUT2D eigenvalue weighted by Gasteiger charge is 2.22. The number of aromatic nitrogens is 2. The normalized spacial score (nSPS) is 11.9. The highest BCUT2D eigenvalue weighted by molar-refractivity contribution is 7.13. The van der Waals surface area contributed by atoms with Gasteiger partial charge in [-0.05, 0) is 12.1 Å². The molecule has 3 aromatic rings. The number of nitrogens with zero attached hydrogens (tertiary/aromatic N) is 2. The highest BCUT2D eigenvalue weighted by Crippen LogP contribution is 2.12. The Morgan fingerprint density at radius 2 is 2.04 bits per heavy atom. The Hall–Kier alpha value is -2.84. The topological polar surface area (TPSA) is 104 Å². The molecule has 0 aliphatic carbocycles. The third kappa shape index (κ3) is 3.55. The number of benzene rings is 1. The summed E-state index contributed by atoms with van der Waals surface area (Å²) >= 11 is 1.25. The number of para-hydroxylation sites is 1. The number of pyridine rings is 1. The molecule has 2 amide bonds. The number of carbonyl (C=O) groups is 2. The maximum atomic E-state index is 12.3.